The van der Waals surface area contributed by atoms with Crippen molar-refractivity contribution < 1.29 is 9.53 Å². The monoisotopic (exact) mass is 408 g/mol. The second-order valence-corrected chi connectivity index (χ2v) is 7.12. The molecular weight excluding hydrogens is 384 g/mol. The molecule has 0 radical (unpaired) electrons. The van der Waals surface area contributed by atoms with Gasteiger partial charge in [0, 0.05) is 5.56 Å². The molecule has 154 valence electrons. The summed E-state index contributed by atoms with van der Waals surface area (Å²) >= 11 is 0. The maximum Gasteiger partial charge on any atom is 0.252 e. The minimum absolute atomic E-state index is 0.188. The Labute approximate surface area is 182 Å². The van der Waals surface area contributed by atoms with Crippen molar-refractivity contribution in [3.63, 3.8) is 0 Å². The van der Waals surface area contributed by atoms with E-state index >= 15 is 0 Å². The van der Waals surface area contributed by atoms with Gasteiger partial charge in [-0.2, -0.15) is 5.10 Å². The molecule has 0 aromatic heterocycles. The van der Waals surface area contributed by atoms with Crippen molar-refractivity contribution in [1.29, 1.82) is 0 Å². The van der Waals surface area contributed by atoms with Crippen LogP contribution in [0.1, 0.15) is 29.5 Å². The third-order valence-electron chi connectivity index (χ3n) is 5.13. The number of amides is 1. The first-order valence-corrected chi connectivity index (χ1v) is 10.3. The highest BCUT2D eigenvalue weighted by atomic mass is 16.5. The molecule has 0 fully saturated rings. The molecule has 0 bridgehead atoms. The van der Waals surface area contributed by atoms with Gasteiger partial charge in [-0.25, -0.2) is 5.43 Å². The third-order valence-corrected chi connectivity index (χ3v) is 5.13. The summed E-state index contributed by atoms with van der Waals surface area (Å²) in [6.07, 6.45) is 1.66. The molecular formula is C27H24N2O2. The number of ether oxygens (including phenoxy) is 1. The minimum Gasteiger partial charge on any atom is -0.493 e. The summed E-state index contributed by atoms with van der Waals surface area (Å²) in [6, 6.07) is 31.5. The molecule has 4 aromatic carbocycles. The fraction of sp³-hybridized carbons (Fsp3) is 0.111. The lowest BCUT2D eigenvalue weighted by Crippen LogP contribution is -2.26. The first-order chi connectivity index (χ1) is 15.3. The Hall–Kier alpha value is -3.92. The average molecular weight is 409 g/mol. The standard InChI is InChI=1S/C27H24N2O2/c1-2-31-25-18-17-20-11-9-10-16-23(20)24(25)19-28-29-27(30)26(21-12-5-3-6-13-21)22-14-7-4-8-15-22/h3-19,26H,2H2,1H3,(H,29,30)/b28-19-. The zero-order chi connectivity index (χ0) is 21.5. The summed E-state index contributed by atoms with van der Waals surface area (Å²) in [7, 11) is 0. The number of benzene rings is 4. The van der Waals surface area contributed by atoms with Gasteiger partial charge in [0.05, 0.1) is 18.7 Å². The van der Waals surface area contributed by atoms with E-state index in [-0.39, 0.29) is 5.91 Å². The van der Waals surface area contributed by atoms with Gasteiger partial charge in [-0.1, -0.05) is 91.0 Å². The molecule has 0 aliphatic heterocycles. The van der Waals surface area contributed by atoms with E-state index in [2.05, 4.69) is 10.5 Å². The normalized spacial score (nSPS) is 11.2. The Morgan fingerprint density at radius 2 is 1.48 bits per heavy atom. The molecule has 1 N–H and O–H groups in total. The van der Waals surface area contributed by atoms with Crippen LogP contribution in [-0.4, -0.2) is 18.7 Å². The number of nitrogens with zero attached hydrogens (tertiary/aromatic N) is 1. The Bertz CT molecular complexity index is 1150. The number of carbonyl (C=O) groups is 1. The summed E-state index contributed by atoms with van der Waals surface area (Å²) < 4.78 is 5.78. The largest absolute Gasteiger partial charge is 0.493 e. The molecule has 4 aromatic rings. The molecule has 0 spiro atoms. The molecule has 31 heavy (non-hydrogen) atoms. The zero-order valence-electron chi connectivity index (χ0n) is 17.4. The van der Waals surface area contributed by atoms with E-state index in [9.17, 15) is 4.79 Å². The van der Waals surface area contributed by atoms with Gasteiger partial charge in [-0.3, -0.25) is 4.79 Å². The summed E-state index contributed by atoms with van der Waals surface area (Å²) in [5, 5.41) is 6.41. The average Bonchev–Trinajstić information content (AvgIpc) is 2.82. The van der Waals surface area contributed by atoms with Crippen LogP contribution in [0.15, 0.2) is 102 Å². The molecule has 0 aliphatic carbocycles. The Morgan fingerprint density at radius 1 is 0.871 bits per heavy atom. The lowest BCUT2D eigenvalue weighted by molar-refractivity contribution is -0.121. The van der Waals surface area contributed by atoms with Gasteiger partial charge >= 0.3 is 0 Å². The minimum atomic E-state index is -0.446. The smallest absolute Gasteiger partial charge is 0.252 e. The van der Waals surface area contributed by atoms with Crippen molar-refractivity contribution in [3.05, 3.63) is 114 Å². The predicted octanol–water partition coefficient (Wildman–Crippen LogP) is 5.52. The van der Waals surface area contributed by atoms with E-state index < -0.39 is 5.92 Å². The van der Waals surface area contributed by atoms with Crippen molar-refractivity contribution in [2.45, 2.75) is 12.8 Å². The van der Waals surface area contributed by atoms with Crippen molar-refractivity contribution >= 4 is 22.9 Å². The van der Waals surface area contributed by atoms with Crippen LogP contribution in [0, 0.1) is 0 Å². The van der Waals surface area contributed by atoms with Gasteiger partial charge in [0.15, 0.2) is 0 Å². The Morgan fingerprint density at radius 3 is 2.13 bits per heavy atom. The van der Waals surface area contributed by atoms with Gasteiger partial charge in [0.25, 0.3) is 5.91 Å². The summed E-state index contributed by atoms with van der Waals surface area (Å²) in [6.45, 7) is 2.50. The van der Waals surface area contributed by atoms with Gasteiger partial charge in [0.1, 0.15) is 5.75 Å². The summed E-state index contributed by atoms with van der Waals surface area (Å²) in [5.41, 5.74) is 5.42. The zero-order valence-corrected chi connectivity index (χ0v) is 17.4. The van der Waals surface area contributed by atoms with E-state index in [4.69, 9.17) is 4.74 Å². The lowest BCUT2D eigenvalue weighted by Gasteiger charge is -2.16. The SMILES string of the molecule is CCOc1ccc2ccccc2c1/C=N\NC(=O)C(c1ccccc1)c1ccccc1. The van der Waals surface area contributed by atoms with Crippen molar-refractivity contribution in [2.75, 3.05) is 6.61 Å². The third kappa shape index (κ3) is 4.64. The number of nitrogens with one attached hydrogen (secondary N) is 1. The molecule has 4 heteroatoms. The number of fused-ring (bicyclic) bond motifs is 1. The molecule has 4 rings (SSSR count). The van der Waals surface area contributed by atoms with Crippen LogP contribution in [0.25, 0.3) is 10.8 Å². The van der Waals surface area contributed by atoms with Crippen LogP contribution < -0.4 is 10.2 Å². The van der Waals surface area contributed by atoms with Crippen LogP contribution in [0.3, 0.4) is 0 Å². The predicted molar refractivity (Wildman–Crippen MR) is 126 cm³/mol. The van der Waals surface area contributed by atoms with E-state index in [1.54, 1.807) is 6.21 Å². The lowest BCUT2D eigenvalue weighted by atomic mass is 9.91. The molecule has 0 aliphatic rings. The Balaban J connectivity index is 1.63. The fourth-order valence-corrected chi connectivity index (χ4v) is 3.70. The highest BCUT2D eigenvalue weighted by molar-refractivity contribution is 6.02. The number of hydrazone groups is 1. The van der Waals surface area contributed by atoms with E-state index in [0.717, 1.165) is 33.2 Å². The molecule has 1 amide bonds. The van der Waals surface area contributed by atoms with Gasteiger partial charge in [0.2, 0.25) is 0 Å². The van der Waals surface area contributed by atoms with E-state index in [0.29, 0.717) is 6.61 Å². The van der Waals surface area contributed by atoms with E-state index in [1.165, 1.54) is 0 Å². The van der Waals surface area contributed by atoms with Crippen molar-refractivity contribution in [1.82, 2.24) is 5.43 Å². The van der Waals surface area contributed by atoms with Gasteiger partial charge in [-0.05, 0) is 34.9 Å². The van der Waals surface area contributed by atoms with Crippen molar-refractivity contribution in [3.8, 4) is 5.75 Å². The van der Waals surface area contributed by atoms with Crippen LogP contribution in [0.5, 0.6) is 5.75 Å². The highest BCUT2D eigenvalue weighted by Gasteiger charge is 2.22. The molecule has 0 atom stereocenters. The quantitative estimate of drug-likeness (QED) is 0.323. The molecule has 0 unspecified atom stereocenters. The summed E-state index contributed by atoms with van der Waals surface area (Å²) in [5.74, 6) is 0.104. The van der Waals surface area contributed by atoms with Gasteiger partial charge < -0.3 is 4.74 Å². The van der Waals surface area contributed by atoms with E-state index in [1.807, 2.05) is 104 Å². The highest BCUT2D eigenvalue weighted by Crippen LogP contribution is 2.27. The fourth-order valence-electron chi connectivity index (χ4n) is 3.70. The summed E-state index contributed by atoms with van der Waals surface area (Å²) in [4.78, 5) is 13.2. The van der Waals surface area contributed by atoms with Crippen LogP contribution in [-0.2, 0) is 4.79 Å². The number of rotatable bonds is 7. The topological polar surface area (TPSA) is 50.7 Å². The van der Waals surface area contributed by atoms with Gasteiger partial charge in [-0.15, -0.1) is 0 Å². The Kier molecular flexibility index (Phi) is 6.38. The first-order valence-electron chi connectivity index (χ1n) is 10.3. The first kappa shape index (κ1) is 20.4. The number of hydrogen-bond donors (Lipinski definition) is 1. The molecule has 0 saturated carbocycles. The second kappa shape index (κ2) is 9.72. The maximum atomic E-state index is 13.2. The number of hydrogen-bond acceptors (Lipinski definition) is 3. The maximum absolute atomic E-state index is 13.2. The van der Waals surface area contributed by atoms with Crippen LogP contribution in [0.4, 0.5) is 0 Å². The van der Waals surface area contributed by atoms with Crippen molar-refractivity contribution in [2.24, 2.45) is 5.10 Å². The molecule has 0 heterocycles. The van der Waals surface area contributed by atoms with Crippen LogP contribution >= 0.6 is 0 Å². The number of carbonyl (C=O) groups excluding carboxylic acids is 1. The molecule has 0 saturated heterocycles. The van der Waals surface area contributed by atoms with Crippen LogP contribution in [0.2, 0.25) is 0 Å². The second-order valence-electron chi connectivity index (χ2n) is 7.12. The molecule has 4 nitrogen and oxygen atoms in total.